The van der Waals surface area contributed by atoms with Gasteiger partial charge in [-0.1, -0.05) is 158 Å². The minimum atomic E-state index is -0.613. The second-order valence-electron chi connectivity index (χ2n) is 15.6. The first-order valence-corrected chi connectivity index (χ1v) is 20.6. The summed E-state index contributed by atoms with van der Waals surface area (Å²) in [5.41, 5.74) is 18.9. The molecule has 3 heterocycles. The lowest BCUT2D eigenvalue weighted by molar-refractivity contribution is 0.775. The highest BCUT2D eigenvalue weighted by Gasteiger charge is 2.49. The van der Waals surface area contributed by atoms with Crippen LogP contribution in [0, 0.1) is 0 Å². The number of fused-ring (bicyclic) bond motifs is 12. The molecule has 0 saturated heterocycles. The van der Waals surface area contributed by atoms with Crippen molar-refractivity contribution in [2.75, 3.05) is 0 Å². The molecule has 12 rings (SSSR count). The Bertz CT molecular complexity index is 3140. The van der Waals surface area contributed by atoms with Crippen LogP contribution in [-0.4, -0.2) is 24.9 Å². The van der Waals surface area contributed by atoms with Gasteiger partial charge in [0.15, 0.2) is 17.5 Å². The molecule has 10 aromatic rings. The van der Waals surface area contributed by atoms with Gasteiger partial charge in [-0.2, -0.15) is 0 Å². The van der Waals surface area contributed by atoms with Crippen LogP contribution in [0.5, 0.6) is 0 Å². The summed E-state index contributed by atoms with van der Waals surface area (Å²) in [7, 11) is 0. The van der Waals surface area contributed by atoms with E-state index >= 15 is 0 Å². The molecule has 0 atom stereocenters. The molecule has 7 aromatic carbocycles. The van der Waals surface area contributed by atoms with E-state index in [-0.39, 0.29) is 0 Å². The molecule has 3 aromatic heterocycles. The molecule has 0 radical (unpaired) electrons. The molecule has 5 heteroatoms. The van der Waals surface area contributed by atoms with Crippen molar-refractivity contribution < 1.29 is 0 Å². The fraction of sp³-hybridized carbons (Fsp3) is 0.0179. The molecule has 284 valence electrons. The predicted octanol–water partition coefficient (Wildman–Crippen LogP) is 13.0. The quantitative estimate of drug-likeness (QED) is 0.174. The zero-order chi connectivity index (χ0) is 40.3. The van der Waals surface area contributed by atoms with Gasteiger partial charge >= 0.3 is 0 Å². The molecule has 0 saturated carbocycles. The van der Waals surface area contributed by atoms with Gasteiger partial charge in [0.1, 0.15) is 0 Å². The van der Waals surface area contributed by atoms with Gasteiger partial charge in [0.05, 0.1) is 5.41 Å². The largest absolute Gasteiger partial charge is 0.265 e. The molecule has 1 spiro atoms. The standard InChI is InChI=1S/C56H35N5/c1-2-10-44-43(9-1)45-11-3-6-14-49(45)56(50-15-7-4-12-46(50)47-13-5-8-16-51(47)56)52-35-42(25-26-48(44)52)55-60-53(40-21-17-36(18-22-40)38-27-31-57-32-28-38)59-54(61-55)41-23-19-37(20-24-41)39-29-33-58-34-30-39/h1-35H. The van der Waals surface area contributed by atoms with E-state index in [0.717, 1.165) is 38.9 Å². The maximum absolute atomic E-state index is 5.29. The Morgan fingerprint density at radius 2 is 0.557 bits per heavy atom. The van der Waals surface area contributed by atoms with Crippen molar-refractivity contribution in [2.45, 2.75) is 5.41 Å². The summed E-state index contributed by atoms with van der Waals surface area (Å²) in [6.07, 6.45) is 7.27. The lowest BCUT2D eigenvalue weighted by Gasteiger charge is -2.35. The van der Waals surface area contributed by atoms with E-state index < -0.39 is 5.41 Å². The van der Waals surface area contributed by atoms with Crippen LogP contribution >= 0.6 is 0 Å². The monoisotopic (exact) mass is 777 g/mol. The van der Waals surface area contributed by atoms with E-state index in [1.807, 2.05) is 49.1 Å². The number of aromatic nitrogens is 5. The third-order valence-electron chi connectivity index (χ3n) is 12.4. The van der Waals surface area contributed by atoms with Crippen LogP contribution in [0.2, 0.25) is 0 Å². The minimum absolute atomic E-state index is 0.608. The van der Waals surface area contributed by atoms with Gasteiger partial charge in [0.2, 0.25) is 0 Å². The molecular formula is C56H35N5. The van der Waals surface area contributed by atoms with Crippen molar-refractivity contribution in [1.29, 1.82) is 0 Å². The molecule has 2 aliphatic rings. The summed E-state index contributed by atoms with van der Waals surface area (Å²) < 4.78 is 0. The first kappa shape index (κ1) is 34.9. The van der Waals surface area contributed by atoms with E-state index in [1.165, 1.54) is 55.6 Å². The molecular weight excluding hydrogens is 743 g/mol. The van der Waals surface area contributed by atoms with Crippen LogP contribution in [0.1, 0.15) is 22.3 Å². The fourth-order valence-corrected chi connectivity index (χ4v) is 9.66. The second-order valence-corrected chi connectivity index (χ2v) is 15.6. The van der Waals surface area contributed by atoms with Gasteiger partial charge in [-0.15, -0.1) is 0 Å². The topological polar surface area (TPSA) is 64.5 Å². The lowest BCUT2D eigenvalue weighted by atomic mass is 9.65. The predicted molar refractivity (Wildman–Crippen MR) is 244 cm³/mol. The molecule has 2 aliphatic carbocycles. The third kappa shape index (κ3) is 5.52. The van der Waals surface area contributed by atoms with Crippen molar-refractivity contribution in [2.24, 2.45) is 0 Å². The Hall–Kier alpha value is -8.15. The molecule has 0 unspecified atom stereocenters. The van der Waals surface area contributed by atoms with Crippen molar-refractivity contribution in [3.63, 3.8) is 0 Å². The smallest absolute Gasteiger partial charge is 0.164 e. The average Bonchev–Trinajstić information content (AvgIpc) is 3.59. The third-order valence-corrected chi connectivity index (χ3v) is 12.4. The highest BCUT2D eigenvalue weighted by atomic mass is 15.0. The number of nitrogens with zero attached hydrogens (tertiary/aromatic N) is 5. The van der Waals surface area contributed by atoms with Gasteiger partial charge in [0, 0.05) is 41.5 Å². The van der Waals surface area contributed by atoms with Gasteiger partial charge < -0.3 is 0 Å². The minimum Gasteiger partial charge on any atom is -0.265 e. The van der Waals surface area contributed by atoms with Gasteiger partial charge in [-0.25, -0.2) is 15.0 Å². The van der Waals surface area contributed by atoms with E-state index in [1.54, 1.807) is 0 Å². The molecule has 0 amide bonds. The Morgan fingerprint density at radius 1 is 0.246 bits per heavy atom. The van der Waals surface area contributed by atoms with Crippen LogP contribution < -0.4 is 0 Å². The maximum Gasteiger partial charge on any atom is 0.164 e. The first-order valence-electron chi connectivity index (χ1n) is 20.6. The van der Waals surface area contributed by atoms with Crippen molar-refractivity contribution in [1.82, 2.24) is 24.9 Å². The van der Waals surface area contributed by atoms with E-state index in [0.29, 0.717) is 17.5 Å². The van der Waals surface area contributed by atoms with Crippen LogP contribution in [0.15, 0.2) is 213 Å². The normalized spacial score (nSPS) is 12.7. The Balaban J connectivity index is 1.10. The zero-order valence-electron chi connectivity index (χ0n) is 32.9. The molecule has 61 heavy (non-hydrogen) atoms. The SMILES string of the molecule is c1ccc2c(c1)-c1ccccc1C1(c3cc(-c4nc(-c5ccc(-c6ccncc6)cc5)nc(-c5ccc(-c6ccncc6)cc5)n4)ccc3-2)c2ccccc2-c2ccccc21. The molecule has 0 aliphatic heterocycles. The van der Waals surface area contributed by atoms with E-state index in [2.05, 4.69) is 174 Å². The summed E-state index contributed by atoms with van der Waals surface area (Å²) >= 11 is 0. The van der Waals surface area contributed by atoms with Crippen LogP contribution in [0.3, 0.4) is 0 Å². The Labute approximate surface area is 353 Å². The summed E-state index contributed by atoms with van der Waals surface area (Å²) in [6.45, 7) is 0. The number of hydrogen-bond acceptors (Lipinski definition) is 5. The highest BCUT2D eigenvalue weighted by Crippen LogP contribution is 2.61. The van der Waals surface area contributed by atoms with Crippen molar-refractivity contribution in [3.05, 3.63) is 235 Å². The highest BCUT2D eigenvalue weighted by molar-refractivity contribution is 5.97. The van der Waals surface area contributed by atoms with Crippen LogP contribution in [0.25, 0.3) is 89.8 Å². The second kappa shape index (κ2) is 14.0. The summed E-state index contributed by atoms with van der Waals surface area (Å²) in [4.78, 5) is 24.2. The zero-order valence-corrected chi connectivity index (χ0v) is 32.9. The maximum atomic E-state index is 5.29. The van der Waals surface area contributed by atoms with Crippen LogP contribution in [0.4, 0.5) is 0 Å². The lowest BCUT2D eigenvalue weighted by Crippen LogP contribution is -2.29. The summed E-state index contributed by atoms with van der Waals surface area (Å²) in [5.74, 6) is 1.83. The van der Waals surface area contributed by atoms with Gasteiger partial charge in [-0.3, -0.25) is 9.97 Å². The summed E-state index contributed by atoms with van der Waals surface area (Å²) in [6, 6.07) is 67.4. The molecule has 5 nitrogen and oxygen atoms in total. The fourth-order valence-electron chi connectivity index (χ4n) is 9.66. The molecule has 0 bridgehead atoms. The van der Waals surface area contributed by atoms with Gasteiger partial charge in [0.25, 0.3) is 0 Å². The molecule has 0 fully saturated rings. The first-order chi connectivity index (χ1) is 30.2. The number of benzene rings is 7. The number of hydrogen-bond donors (Lipinski definition) is 0. The van der Waals surface area contributed by atoms with Crippen molar-refractivity contribution >= 4 is 0 Å². The Kier molecular flexibility index (Phi) is 8.00. The average molecular weight is 778 g/mol. The molecule has 0 N–H and O–H groups in total. The van der Waals surface area contributed by atoms with Gasteiger partial charge in [-0.05, 0) is 108 Å². The van der Waals surface area contributed by atoms with Crippen LogP contribution in [-0.2, 0) is 5.41 Å². The number of pyridine rings is 2. The summed E-state index contributed by atoms with van der Waals surface area (Å²) in [5, 5.41) is 0. The Morgan fingerprint density at radius 3 is 1.00 bits per heavy atom. The van der Waals surface area contributed by atoms with E-state index in [9.17, 15) is 0 Å². The van der Waals surface area contributed by atoms with Crippen molar-refractivity contribution in [3.8, 4) is 89.8 Å². The number of rotatable bonds is 5. The van der Waals surface area contributed by atoms with E-state index in [4.69, 9.17) is 15.0 Å².